The molecular weight excluding hydrogens is 592 g/mol. The van der Waals surface area contributed by atoms with E-state index in [0.29, 0.717) is 26.2 Å². The zero-order chi connectivity index (χ0) is 33.5. The number of likely N-dealkylation sites (N-methyl/N-ethyl adjacent to an activating group) is 2. The summed E-state index contributed by atoms with van der Waals surface area (Å²) in [6.07, 6.45) is 0. The Morgan fingerprint density at radius 1 is 0.521 bits per heavy atom. The fraction of sp³-hybridized carbons (Fsp3) is 0.233. The van der Waals surface area contributed by atoms with Gasteiger partial charge in [0.25, 0.3) is 0 Å². The maximum absolute atomic E-state index is 15.2. The summed E-state index contributed by atoms with van der Waals surface area (Å²) in [4.78, 5) is 19.7. The number of hydrogen-bond donors (Lipinski definition) is 0. The van der Waals surface area contributed by atoms with Gasteiger partial charge >= 0.3 is 0 Å². The Morgan fingerprint density at radius 3 is 1.35 bits per heavy atom. The lowest BCUT2D eigenvalue weighted by Crippen LogP contribution is -2.35. The first-order valence-electron chi connectivity index (χ1n) is 16.5. The second-order valence-corrected chi connectivity index (χ2v) is 12.8. The molecule has 5 nitrogen and oxygen atoms in total. The number of Topliss-reactive ketones (excluding diaryl/α,β-unsaturated/α-hetero) is 1. The van der Waals surface area contributed by atoms with Crippen molar-refractivity contribution in [2.45, 2.75) is 24.9 Å². The van der Waals surface area contributed by atoms with E-state index in [1.54, 1.807) is 14.2 Å². The first kappa shape index (κ1) is 33.0. The minimum absolute atomic E-state index is 0.218. The standard InChI is InChI=1S/C43H44N2O3/c1-44(27-31-11-9-17-39(23-31)47-3)29-41(37-21-19-33-13-5-7-15-35(33)25-37)43(46)42(38-22-20-34-14-6-8-16-36(34)26-38)30-45(2)28-32-12-10-18-40(24-32)48-4/h5-26,41-42H,27-30H2,1-4H3. The Balaban J connectivity index is 1.37. The molecule has 244 valence electrons. The second kappa shape index (κ2) is 15.3. The highest BCUT2D eigenvalue weighted by Gasteiger charge is 2.32. The van der Waals surface area contributed by atoms with Crippen molar-refractivity contribution in [3.05, 3.63) is 156 Å². The average molecular weight is 637 g/mol. The Bertz CT molecular complexity index is 1860. The number of rotatable bonds is 14. The highest BCUT2D eigenvalue weighted by molar-refractivity contribution is 5.95. The molecule has 0 saturated carbocycles. The average Bonchev–Trinajstić information content (AvgIpc) is 3.12. The van der Waals surface area contributed by atoms with Crippen LogP contribution in [0.15, 0.2) is 133 Å². The number of fused-ring (bicyclic) bond motifs is 2. The van der Waals surface area contributed by atoms with E-state index >= 15 is 4.79 Å². The molecule has 48 heavy (non-hydrogen) atoms. The number of ketones is 1. The zero-order valence-electron chi connectivity index (χ0n) is 28.3. The highest BCUT2D eigenvalue weighted by atomic mass is 16.5. The lowest BCUT2D eigenvalue weighted by atomic mass is 9.82. The van der Waals surface area contributed by atoms with Crippen LogP contribution in [0.25, 0.3) is 21.5 Å². The summed E-state index contributed by atoms with van der Waals surface area (Å²) in [5, 5.41) is 4.61. The van der Waals surface area contributed by atoms with Gasteiger partial charge in [0.05, 0.1) is 26.1 Å². The van der Waals surface area contributed by atoms with Crippen molar-refractivity contribution in [1.82, 2.24) is 9.80 Å². The van der Waals surface area contributed by atoms with Gasteiger partial charge in [-0.25, -0.2) is 0 Å². The van der Waals surface area contributed by atoms with Crippen LogP contribution in [-0.2, 0) is 17.9 Å². The highest BCUT2D eigenvalue weighted by Crippen LogP contribution is 2.32. The van der Waals surface area contributed by atoms with Gasteiger partial charge in [-0.05, 0) is 82.2 Å². The summed E-state index contributed by atoms with van der Waals surface area (Å²) in [7, 11) is 7.58. The molecule has 0 aliphatic rings. The van der Waals surface area contributed by atoms with Crippen molar-refractivity contribution in [2.24, 2.45) is 0 Å². The van der Waals surface area contributed by atoms with E-state index in [2.05, 4.69) is 133 Å². The van der Waals surface area contributed by atoms with Gasteiger partial charge in [0.1, 0.15) is 17.3 Å². The molecule has 0 heterocycles. The predicted molar refractivity (Wildman–Crippen MR) is 197 cm³/mol. The lowest BCUT2D eigenvalue weighted by molar-refractivity contribution is -0.122. The summed E-state index contributed by atoms with van der Waals surface area (Å²) in [5.41, 5.74) is 4.37. The van der Waals surface area contributed by atoms with E-state index in [1.165, 1.54) is 10.8 Å². The molecule has 0 aromatic heterocycles. The minimum Gasteiger partial charge on any atom is -0.497 e. The van der Waals surface area contributed by atoms with E-state index in [0.717, 1.165) is 44.5 Å². The van der Waals surface area contributed by atoms with Gasteiger partial charge in [0.15, 0.2) is 0 Å². The summed E-state index contributed by atoms with van der Waals surface area (Å²) in [6.45, 7) is 2.56. The van der Waals surface area contributed by atoms with Crippen LogP contribution in [-0.4, -0.2) is 57.0 Å². The van der Waals surface area contributed by atoms with E-state index in [-0.39, 0.29) is 17.6 Å². The number of hydrogen-bond acceptors (Lipinski definition) is 5. The molecule has 0 amide bonds. The molecular formula is C43H44N2O3. The fourth-order valence-corrected chi connectivity index (χ4v) is 6.73. The first-order valence-corrected chi connectivity index (χ1v) is 16.5. The van der Waals surface area contributed by atoms with Crippen LogP contribution in [0.4, 0.5) is 0 Å². The number of benzene rings is 6. The number of carbonyl (C=O) groups is 1. The van der Waals surface area contributed by atoms with Crippen LogP contribution in [0.5, 0.6) is 11.5 Å². The van der Waals surface area contributed by atoms with Crippen LogP contribution in [0.3, 0.4) is 0 Å². The van der Waals surface area contributed by atoms with Crippen molar-refractivity contribution < 1.29 is 14.3 Å². The smallest absolute Gasteiger partial charge is 0.150 e. The van der Waals surface area contributed by atoms with E-state index in [9.17, 15) is 0 Å². The summed E-state index contributed by atoms with van der Waals surface area (Å²) in [5.74, 6) is 1.20. The zero-order valence-corrected chi connectivity index (χ0v) is 28.3. The number of ether oxygens (including phenoxy) is 2. The molecule has 6 rings (SSSR count). The van der Waals surface area contributed by atoms with Gasteiger partial charge in [-0.2, -0.15) is 0 Å². The van der Waals surface area contributed by atoms with Crippen molar-refractivity contribution in [3.63, 3.8) is 0 Å². The van der Waals surface area contributed by atoms with E-state index < -0.39 is 0 Å². The first-order chi connectivity index (χ1) is 23.4. The molecule has 0 aliphatic heterocycles. The molecule has 0 aliphatic carbocycles. The Morgan fingerprint density at radius 2 is 0.938 bits per heavy atom. The molecule has 6 aromatic rings. The molecule has 0 saturated heterocycles. The van der Waals surface area contributed by atoms with Crippen LogP contribution in [0, 0.1) is 0 Å². The topological polar surface area (TPSA) is 42.0 Å². The summed E-state index contributed by atoms with van der Waals surface area (Å²) < 4.78 is 11.0. The van der Waals surface area contributed by atoms with Gasteiger partial charge in [-0.15, -0.1) is 0 Å². The Kier molecular flexibility index (Phi) is 10.5. The summed E-state index contributed by atoms with van der Waals surface area (Å²) in [6, 6.07) is 46.0. The fourth-order valence-electron chi connectivity index (χ4n) is 6.73. The normalized spacial score (nSPS) is 12.8. The van der Waals surface area contributed by atoms with Gasteiger partial charge in [-0.3, -0.25) is 4.79 Å². The van der Waals surface area contributed by atoms with Crippen molar-refractivity contribution in [3.8, 4) is 11.5 Å². The van der Waals surface area contributed by atoms with Gasteiger partial charge < -0.3 is 19.3 Å². The third-order valence-electron chi connectivity index (χ3n) is 9.20. The number of nitrogens with zero attached hydrogens (tertiary/aromatic N) is 2. The molecule has 6 aromatic carbocycles. The monoisotopic (exact) mass is 636 g/mol. The molecule has 0 radical (unpaired) electrons. The maximum Gasteiger partial charge on any atom is 0.150 e. The SMILES string of the molecule is COc1cccc(CN(C)CC(C(=O)C(CN(C)Cc2cccc(OC)c2)c2ccc3ccccc3c2)c2ccc3ccccc3c2)c1. The molecule has 5 heteroatoms. The van der Waals surface area contributed by atoms with Crippen LogP contribution >= 0.6 is 0 Å². The number of methoxy groups -OCH3 is 2. The lowest BCUT2D eigenvalue weighted by Gasteiger charge is -2.30. The van der Waals surface area contributed by atoms with Crippen molar-refractivity contribution >= 4 is 27.3 Å². The van der Waals surface area contributed by atoms with Crippen LogP contribution in [0.2, 0.25) is 0 Å². The molecule has 0 bridgehead atoms. The predicted octanol–water partition coefficient (Wildman–Crippen LogP) is 8.71. The van der Waals surface area contributed by atoms with Crippen molar-refractivity contribution in [1.29, 1.82) is 0 Å². The van der Waals surface area contributed by atoms with Crippen LogP contribution < -0.4 is 9.47 Å². The van der Waals surface area contributed by atoms with E-state index in [1.807, 2.05) is 24.3 Å². The molecule has 2 unspecified atom stereocenters. The van der Waals surface area contributed by atoms with Gasteiger partial charge in [-0.1, -0.05) is 109 Å². The van der Waals surface area contributed by atoms with Gasteiger partial charge in [0, 0.05) is 26.2 Å². The quantitative estimate of drug-likeness (QED) is 0.120. The Labute approximate surface area is 284 Å². The second-order valence-electron chi connectivity index (χ2n) is 12.8. The molecule has 2 atom stereocenters. The maximum atomic E-state index is 15.2. The molecule has 0 fully saturated rings. The summed E-state index contributed by atoms with van der Waals surface area (Å²) >= 11 is 0. The van der Waals surface area contributed by atoms with Crippen molar-refractivity contribution in [2.75, 3.05) is 41.4 Å². The van der Waals surface area contributed by atoms with Crippen LogP contribution in [0.1, 0.15) is 34.1 Å². The molecule has 0 spiro atoms. The third kappa shape index (κ3) is 7.93. The van der Waals surface area contributed by atoms with Gasteiger partial charge in [0.2, 0.25) is 0 Å². The Hall–Kier alpha value is -4.97. The third-order valence-corrected chi connectivity index (χ3v) is 9.20. The van der Waals surface area contributed by atoms with E-state index in [4.69, 9.17) is 9.47 Å². The number of carbonyl (C=O) groups excluding carboxylic acids is 1. The largest absolute Gasteiger partial charge is 0.497 e. The molecule has 0 N–H and O–H groups in total. The minimum atomic E-state index is -0.341.